The molecule has 1 rings (SSSR count). The highest BCUT2D eigenvalue weighted by molar-refractivity contribution is 7.80. The van der Waals surface area contributed by atoms with Crippen LogP contribution < -0.4 is 5.32 Å². The van der Waals surface area contributed by atoms with Crippen LogP contribution in [0.2, 0.25) is 0 Å². The monoisotopic (exact) mass is 234 g/mol. The maximum atomic E-state index is 5.27. The summed E-state index contributed by atoms with van der Waals surface area (Å²) in [6.07, 6.45) is 0. The number of hydrogen-bond acceptors (Lipinski definition) is 1. The highest BCUT2D eigenvalue weighted by Crippen LogP contribution is 2.02. The molecule has 0 atom stereocenters. The molecule has 0 spiro atoms. The fourth-order valence-electron chi connectivity index (χ4n) is 1.29. The van der Waals surface area contributed by atoms with Gasteiger partial charge in [-0.2, -0.15) is 0 Å². The van der Waals surface area contributed by atoms with Crippen LogP contribution in [0.3, 0.4) is 0 Å². The van der Waals surface area contributed by atoms with E-state index in [1.807, 2.05) is 37.1 Å². The van der Waals surface area contributed by atoms with Crippen molar-refractivity contribution in [2.24, 2.45) is 0 Å². The number of thiocarbonyl (C=S) groups is 1. The van der Waals surface area contributed by atoms with Gasteiger partial charge in [0.15, 0.2) is 5.11 Å². The molecule has 86 valence electrons. The van der Waals surface area contributed by atoms with Crippen LogP contribution in [0.4, 0.5) is 0 Å². The molecule has 0 unspecified atom stereocenters. The van der Waals surface area contributed by atoms with Gasteiger partial charge < -0.3 is 10.2 Å². The van der Waals surface area contributed by atoms with Gasteiger partial charge in [0.2, 0.25) is 0 Å². The van der Waals surface area contributed by atoms with Crippen LogP contribution in [0.15, 0.2) is 42.5 Å². The summed E-state index contributed by atoms with van der Waals surface area (Å²) in [4.78, 5) is 2.02. The first-order valence-corrected chi connectivity index (χ1v) is 5.67. The number of nitrogens with zero attached hydrogens (tertiary/aromatic N) is 1. The van der Waals surface area contributed by atoms with E-state index in [-0.39, 0.29) is 0 Å². The van der Waals surface area contributed by atoms with Crippen molar-refractivity contribution in [3.63, 3.8) is 0 Å². The summed E-state index contributed by atoms with van der Waals surface area (Å²) in [5.74, 6) is 0. The molecule has 16 heavy (non-hydrogen) atoms. The number of nitrogens with one attached hydrogen (secondary N) is 1. The molecule has 0 saturated heterocycles. The third-order valence-corrected chi connectivity index (χ3v) is 2.61. The number of hydrogen-bond donors (Lipinski definition) is 1. The number of benzene rings is 1. The molecule has 1 N–H and O–H groups in total. The Bertz CT molecular complexity index is 359. The van der Waals surface area contributed by atoms with E-state index in [1.54, 1.807) is 0 Å². The van der Waals surface area contributed by atoms with E-state index in [9.17, 15) is 0 Å². The third kappa shape index (κ3) is 4.45. The topological polar surface area (TPSA) is 15.3 Å². The highest BCUT2D eigenvalue weighted by Gasteiger charge is 2.03. The van der Waals surface area contributed by atoms with E-state index in [0.717, 1.165) is 23.8 Å². The lowest BCUT2D eigenvalue weighted by molar-refractivity contribution is 0.492. The summed E-state index contributed by atoms with van der Waals surface area (Å²) >= 11 is 5.27. The summed E-state index contributed by atoms with van der Waals surface area (Å²) in [6, 6.07) is 10.3. The van der Waals surface area contributed by atoms with Crippen molar-refractivity contribution < 1.29 is 0 Å². The van der Waals surface area contributed by atoms with Gasteiger partial charge >= 0.3 is 0 Å². The summed E-state index contributed by atoms with van der Waals surface area (Å²) in [5, 5.41) is 3.92. The van der Waals surface area contributed by atoms with Crippen molar-refractivity contribution in [2.75, 3.05) is 13.6 Å². The molecule has 1 aromatic carbocycles. The first kappa shape index (κ1) is 12.7. The molecule has 0 amide bonds. The van der Waals surface area contributed by atoms with Crippen LogP contribution in [0, 0.1) is 0 Å². The summed E-state index contributed by atoms with van der Waals surface area (Å²) in [6.45, 7) is 7.37. The Hall–Kier alpha value is -1.35. The van der Waals surface area contributed by atoms with Crippen LogP contribution in [-0.4, -0.2) is 23.6 Å². The van der Waals surface area contributed by atoms with E-state index in [4.69, 9.17) is 12.2 Å². The maximum Gasteiger partial charge on any atom is 0.169 e. The van der Waals surface area contributed by atoms with Gasteiger partial charge in [0, 0.05) is 20.1 Å². The Balaban J connectivity index is 2.43. The second-order valence-corrected chi connectivity index (χ2v) is 4.34. The van der Waals surface area contributed by atoms with Gasteiger partial charge in [0.25, 0.3) is 0 Å². The molecule has 0 radical (unpaired) electrons. The van der Waals surface area contributed by atoms with Gasteiger partial charge in [-0.25, -0.2) is 0 Å². The standard InChI is InChI=1S/C13H18N2S/c1-11(2)9-14-13(16)15(3)10-12-7-5-4-6-8-12/h4-8H,1,9-10H2,2-3H3,(H,14,16). The lowest BCUT2D eigenvalue weighted by atomic mass is 10.2. The van der Waals surface area contributed by atoms with Gasteiger partial charge in [-0.3, -0.25) is 0 Å². The molecule has 0 heterocycles. The van der Waals surface area contributed by atoms with E-state index in [2.05, 4.69) is 24.0 Å². The van der Waals surface area contributed by atoms with Gasteiger partial charge in [-0.15, -0.1) is 0 Å². The normalized spacial score (nSPS) is 9.62. The Labute approximate surface area is 103 Å². The predicted octanol–water partition coefficient (Wildman–Crippen LogP) is 2.57. The van der Waals surface area contributed by atoms with Crippen LogP contribution in [0.1, 0.15) is 12.5 Å². The maximum absolute atomic E-state index is 5.27. The van der Waals surface area contributed by atoms with E-state index in [0.29, 0.717) is 0 Å². The van der Waals surface area contributed by atoms with Crippen molar-refractivity contribution in [3.05, 3.63) is 48.0 Å². The minimum Gasteiger partial charge on any atom is -0.359 e. The largest absolute Gasteiger partial charge is 0.359 e. The smallest absolute Gasteiger partial charge is 0.169 e. The Morgan fingerprint density at radius 2 is 2.00 bits per heavy atom. The number of rotatable bonds is 4. The SMILES string of the molecule is C=C(C)CNC(=S)N(C)Cc1ccccc1. The molecular formula is C13H18N2S. The quantitative estimate of drug-likeness (QED) is 0.637. The lowest BCUT2D eigenvalue weighted by Gasteiger charge is -2.21. The van der Waals surface area contributed by atoms with Crippen molar-refractivity contribution in [1.29, 1.82) is 0 Å². The van der Waals surface area contributed by atoms with Gasteiger partial charge in [0.05, 0.1) is 0 Å². The summed E-state index contributed by atoms with van der Waals surface area (Å²) in [5.41, 5.74) is 2.33. The minimum absolute atomic E-state index is 0.734. The van der Waals surface area contributed by atoms with E-state index < -0.39 is 0 Å². The van der Waals surface area contributed by atoms with Crippen LogP contribution in [0.25, 0.3) is 0 Å². The molecule has 1 aromatic rings. The molecule has 0 aromatic heterocycles. The second-order valence-electron chi connectivity index (χ2n) is 3.96. The van der Waals surface area contributed by atoms with E-state index >= 15 is 0 Å². The zero-order valence-corrected chi connectivity index (χ0v) is 10.7. The Morgan fingerprint density at radius 1 is 1.38 bits per heavy atom. The molecule has 0 aliphatic heterocycles. The lowest BCUT2D eigenvalue weighted by Crippen LogP contribution is -2.37. The summed E-state index contributed by atoms with van der Waals surface area (Å²) < 4.78 is 0. The molecule has 3 heteroatoms. The van der Waals surface area contributed by atoms with Gasteiger partial charge in [-0.05, 0) is 24.7 Å². The van der Waals surface area contributed by atoms with Gasteiger partial charge in [0.1, 0.15) is 0 Å². The first-order chi connectivity index (χ1) is 7.59. The highest BCUT2D eigenvalue weighted by atomic mass is 32.1. The minimum atomic E-state index is 0.734. The van der Waals surface area contributed by atoms with Crippen molar-refractivity contribution in [3.8, 4) is 0 Å². The van der Waals surface area contributed by atoms with E-state index in [1.165, 1.54) is 5.56 Å². The molecule has 0 bridgehead atoms. The van der Waals surface area contributed by atoms with Crippen molar-refractivity contribution in [1.82, 2.24) is 10.2 Å². The molecule has 0 fully saturated rings. The fraction of sp³-hybridized carbons (Fsp3) is 0.308. The predicted molar refractivity (Wildman–Crippen MR) is 73.3 cm³/mol. The van der Waals surface area contributed by atoms with Crippen molar-refractivity contribution >= 4 is 17.3 Å². The Morgan fingerprint density at radius 3 is 2.56 bits per heavy atom. The first-order valence-electron chi connectivity index (χ1n) is 5.27. The molecule has 0 aliphatic carbocycles. The van der Waals surface area contributed by atoms with Crippen LogP contribution in [0.5, 0.6) is 0 Å². The van der Waals surface area contributed by atoms with Crippen LogP contribution >= 0.6 is 12.2 Å². The molecular weight excluding hydrogens is 216 g/mol. The van der Waals surface area contributed by atoms with Crippen LogP contribution in [-0.2, 0) is 6.54 Å². The summed E-state index contributed by atoms with van der Waals surface area (Å²) in [7, 11) is 1.99. The molecule has 0 saturated carbocycles. The average molecular weight is 234 g/mol. The second kappa shape index (κ2) is 6.28. The van der Waals surface area contributed by atoms with Gasteiger partial charge in [-0.1, -0.05) is 42.5 Å². The third-order valence-electron chi connectivity index (χ3n) is 2.15. The average Bonchev–Trinajstić information content (AvgIpc) is 2.27. The molecule has 0 aliphatic rings. The molecule has 2 nitrogen and oxygen atoms in total. The zero-order chi connectivity index (χ0) is 12.0. The Kier molecular flexibility index (Phi) is 4.99. The zero-order valence-electron chi connectivity index (χ0n) is 9.86. The fourth-order valence-corrected chi connectivity index (χ4v) is 1.43. The van der Waals surface area contributed by atoms with Crippen molar-refractivity contribution in [2.45, 2.75) is 13.5 Å².